The van der Waals surface area contributed by atoms with Gasteiger partial charge in [0, 0.05) is 23.6 Å². The zero-order chi connectivity index (χ0) is 19.8. The number of hydrogen-bond acceptors (Lipinski definition) is 6. The number of H-pyrrole nitrogens is 1. The normalized spacial score (nSPS) is 12.8. The van der Waals surface area contributed by atoms with Crippen LogP contribution in [0.15, 0.2) is 40.0 Å². The predicted octanol–water partition coefficient (Wildman–Crippen LogP) is 3.34. The molecular weight excluding hydrogens is 398 g/mol. The minimum absolute atomic E-state index is 0.206. The van der Waals surface area contributed by atoms with Gasteiger partial charge < -0.3 is 19.8 Å². The van der Waals surface area contributed by atoms with Gasteiger partial charge in [-0.05, 0) is 42.7 Å². The molecule has 0 bridgehead atoms. The molecule has 1 aliphatic rings. The van der Waals surface area contributed by atoms with Crippen LogP contribution in [0, 0.1) is 4.77 Å². The maximum atomic E-state index is 12.8. The van der Waals surface area contributed by atoms with Crippen LogP contribution in [0.25, 0.3) is 10.9 Å². The van der Waals surface area contributed by atoms with Crippen molar-refractivity contribution >= 4 is 46.5 Å². The van der Waals surface area contributed by atoms with E-state index in [9.17, 15) is 9.59 Å². The quantitative estimate of drug-likeness (QED) is 0.504. The number of rotatable bonds is 3. The molecule has 0 aliphatic carbocycles. The third-order valence-electron chi connectivity index (χ3n) is 4.48. The molecule has 0 atom stereocenters. The van der Waals surface area contributed by atoms with Crippen molar-refractivity contribution in [2.24, 2.45) is 7.05 Å². The first-order valence-corrected chi connectivity index (χ1v) is 10.1. The number of carbonyl (C=O) groups excluding carboxylic acids is 1. The number of ether oxygens (including phenoxy) is 2. The fourth-order valence-corrected chi connectivity index (χ4v) is 3.73. The van der Waals surface area contributed by atoms with E-state index in [1.54, 1.807) is 31.3 Å². The first kappa shape index (κ1) is 18.6. The minimum atomic E-state index is -0.297. The zero-order valence-corrected chi connectivity index (χ0v) is 16.8. The molecule has 9 heteroatoms. The Labute approximate surface area is 169 Å². The molecule has 0 fully saturated rings. The summed E-state index contributed by atoms with van der Waals surface area (Å²) in [5.41, 5.74) is 1.36. The van der Waals surface area contributed by atoms with Gasteiger partial charge in [0.2, 0.25) is 0 Å². The summed E-state index contributed by atoms with van der Waals surface area (Å²) in [5.74, 6) is 0.974. The Hall–Kier alpha value is -2.78. The van der Waals surface area contributed by atoms with Crippen molar-refractivity contribution in [1.29, 1.82) is 0 Å². The van der Waals surface area contributed by atoms with Crippen LogP contribution in [0.4, 0.5) is 5.69 Å². The molecule has 2 heterocycles. The topological polar surface area (TPSA) is 85.4 Å². The highest BCUT2D eigenvalue weighted by molar-refractivity contribution is 7.98. The molecule has 0 radical (unpaired) electrons. The van der Waals surface area contributed by atoms with Gasteiger partial charge in [0.05, 0.1) is 16.6 Å². The number of fused-ring (bicyclic) bond motifs is 2. The van der Waals surface area contributed by atoms with Gasteiger partial charge in [-0.2, -0.15) is 0 Å². The number of nitrogens with one attached hydrogen (secondary N) is 2. The van der Waals surface area contributed by atoms with Crippen LogP contribution in [-0.2, 0) is 7.05 Å². The summed E-state index contributed by atoms with van der Waals surface area (Å²) < 4.78 is 12.9. The highest BCUT2D eigenvalue weighted by Crippen LogP contribution is 2.39. The molecule has 1 amide bonds. The first-order valence-electron chi connectivity index (χ1n) is 8.50. The van der Waals surface area contributed by atoms with Gasteiger partial charge in [-0.1, -0.05) is 0 Å². The molecule has 1 aliphatic heterocycles. The second-order valence-electron chi connectivity index (χ2n) is 6.20. The van der Waals surface area contributed by atoms with Crippen LogP contribution in [-0.4, -0.2) is 34.9 Å². The van der Waals surface area contributed by atoms with Crippen molar-refractivity contribution in [2.75, 3.05) is 24.8 Å². The van der Waals surface area contributed by atoms with E-state index in [2.05, 4.69) is 10.3 Å². The number of hydrogen-bond donors (Lipinski definition) is 2. The zero-order valence-electron chi connectivity index (χ0n) is 15.2. The molecule has 7 nitrogen and oxygen atoms in total. The average Bonchev–Trinajstić information content (AvgIpc) is 2.71. The van der Waals surface area contributed by atoms with Crippen molar-refractivity contribution in [3.63, 3.8) is 0 Å². The summed E-state index contributed by atoms with van der Waals surface area (Å²) in [5, 5.41) is 3.38. The van der Waals surface area contributed by atoms with Gasteiger partial charge in [0.25, 0.3) is 11.5 Å². The summed E-state index contributed by atoms with van der Waals surface area (Å²) >= 11 is 6.65. The Morgan fingerprint density at radius 1 is 1.21 bits per heavy atom. The van der Waals surface area contributed by atoms with Crippen LogP contribution in [0.1, 0.15) is 10.4 Å². The van der Waals surface area contributed by atoms with Crippen LogP contribution in [0.5, 0.6) is 11.5 Å². The molecule has 0 saturated heterocycles. The Bertz CT molecular complexity index is 1220. The Balaban J connectivity index is 1.70. The second kappa shape index (κ2) is 7.33. The molecule has 0 unspecified atom stereocenters. The van der Waals surface area contributed by atoms with E-state index in [1.165, 1.54) is 16.3 Å². The number of thioether (sulfide) groups is 1. The molecule has 0 spiro atoms. The van der Waals surface area contributed by atoms with Gasteiger partial charge in [-0.25, -0.2) is 0 Å². The number of carbonyl (C=O) groups is 1. The molecule has 2 N–H and O–H groups in total. The van der Waals surface area contributed by atoms with Gasteiger partial charge in [0.15, 0.2) is 16.3 Å². The van der Waals surface area contributed by atoms with E-state index in [0.717, 1.165) is 4.90 Å². The molecule has 28 heavy (non-hydrogen) atoms. The van der Waals surface area contributed by atoms with Crippen LogP contribution in [0.3, 0.4) is 0 Å². The van der Waals surface area contributed by atoms with E-state index in [4.69, 9.17) is 21.7 Å². The SMILES string of the molecule is CSc1cc2c(cc1NC(=O)c1ccc3c(=O)n(C)c(=S)[nH]c3c1)OCCO2. The van der Waals surface area contributed by atoms with E-state index in [1.807, 2.05) is 12.3 Å². The van der Waals surface area contributed by atoms with E-state index in [0.29, 0.717) is 51.6 Å². The molecule has 2 aromatic carbocycles. The monoisotopic (exact) mass is 415 g/mol. The number of aromatic nitrogens is 2. The van der Waals surface area contributed by atoms with Crippen molar-refractivity contribution in [3.05, 3.63) is 51.0 Å². The van der Waals surface area contributed by atoms with Crippen molar-refractivity contribution in [3.8, 4) is 11.5 Å². The largest absolute Gasteiger partial charge is 0.486 e. The second-order valence-corrected chi connectivity index (χ2v) is 7.44. The van der Waals surface area contributed by atoms with Gasteiger partial charge in [-0.3, -0.25) is 14.2 Å². The third kappa shape index (κ3) is 3.27. The minimum Gasteiger partial charge on any atom is -0.486 e. The van der Waals surface area contributed by atoms with Crippen molar-refractivity contribution < 1.29 is 14.3 Å². The van der Waals surface area contributed by atoms with Gasteiger partial charge >= 0.3 is 0 Å². The Morgan fingerprint density at radius 2 is 1.93 bits per heavy atom. The van der Waals surface area contributed by atoms with Crippen LogP contribution >= 0.6 is 24.0 Å². The molecule has 1 aromatic heterocycles. The number of amides is 1. The predicted molar refractivity (Wildman–Crippen MR) is 112 cm³/mol. The first-order chi connectivity index (χ1) is 13.5. The number of aromatic amines is 1. The van der Waals surface area contributed by atoms with Crippen LogP contribution < -0.4 is 20.3 Å². The van der Waals surface area contributed by atoms with Gasteiger partial charge in [0.1, 0.15) is 13.2 Å². The molecule has 0 saturated carbocycles. The van der Waals surface area contributed by atoms with E-state index < -0.39 is 0 Å². The summed E-state index contributed by atoms with van der Waals surface area (Å²) in [6.45, 7) is 0.975. The summed E-state index contributed by atoms with van der Waals surface area (Å²) in [6, 6.07) is 8.49. The fraction of sp³-hybridized carbons (Fsp3) is 0.211. The molecule has 3 aromatic rings. The Kier molecular flexibility index (Phi) is 4.86. The number of nitrogens with zero attached hydrogens (tertiary/aromatic N) is 1. The molecular formula is C19H17N3O4S2. The maximum absolute atomic E-state index is 12.8. The lowest BCUT2D eigenvalue weighted by Gasteiger charge is -2.21. The van der Waals surface area contributed by atoms with Crippen LogP contribution in [0.2, 0.25) is 0 Å². The number of benzene rings is 2. The lowest BCUT2D eigenvalue weighted by molar-refractivity contribution is 0.102. The van der Waals surface area contributed by atoms with Crippen molar-refractivity contribution in [2.45, 2.75) is 4.90 Å². The standard InChI is InChI=1S/C19H17N3O4S2/c1-22-18(24)11-4-3-10(7-12(11)21-19(22)27)17(23)20-13-8-14-15(9-16(13)28-2)26-6-5-25-14/h3-4,7-9H,5-6H2,1-2H3,(H,20,23)(H,21,27). The summed E-state index contributed by atoms with van der Waals surface area (Å²) in [6.07, 6.45) is 1.92. The summed E-state index contributed by atoms with van der Waals surface area (Å²) in [4.78, 5) is 28.9. The lowest BCUT2D eigenvalue weighted by Crippen LogP contribution is -2.19. The average molecular weight is 415 g/mol. The van der Waals surface area contributed by atoms with E-state index >= 15 is 0 Å². The Morgan fingerprint density at radius 3 is 2.64 bits per heavy atom. The van der Waals surface area contributed by atoms with Gasteiger partial charge in [-0.15, -0.1) is 11.8 Å². The highest BCUT2D eigenvalue weighted by atomic mass is 32.2. The van der Waals surface area contributed by atoms with E-state index in [-0.39, 0.29) is 11.5 Å². The highest BCUT2D eigenvalue weighted by Gasteiger charge is 2.18. The molecule has 144 valence electrons. The smallest absolute Gasteiger partial charge is 0.261 e. The summed E-state index contributed by atoms with van der Waals surface area (Å²) in [7, 11) is 1.60. The third-order valence-corrected chi connectivity index (χ3v) is 5.63. The van der Waals surface area contributed by atoms with Crippen molar-refractivity contribution in [1.82, 2.24) is 9.55 Å². The molecule has 4 rings (SSSR count). The lowest BCUT2D eigenvalue weighted by atomic mass is 10.1. The maximum Gasteiger partial charge on any atom is 0.261 e. The fourth-order valence-electron chi connectivity index (χ4n) is 2.98. The number of anilines is 1.